The molecule has 118 valence electrons. The first kappa shape index (κ1) is 15.5. The van der Waals surface area contributed by atoms with Gasteiger partial charge in [-0.1, -0.05) is 23.5 Å². The van der Waals surface area contributed by atoms with Crippen LogP contribution in [0.2, 0.25) is 0 Å². The lowest BCUT2D eigenvalue weighted by molar-refractivity contribution is 0.194. The SMILES string of the molecule is COc1ccccc1N1CCN(Cn2nc(C)sc2=S)CC1. The summed E-state index contributed by atoms with van der Waals surface area (Å²) in [7, 11) is 1.72. The molecule has 0 bridgehead atoms. The Bertz CT molecular complexity index is 689. The van der Waals surface area contributed by atoms with Crippen LogP contribution in [0.1, 0.15) is 5.01 Å². The molecule has 1 aliphatic rings. The molecule has 22 heavy (non-hydrogen) atoms. The molecule has 2 aromatic rings. The molecule has 0 amide bonds. The third kappa shape index (κ3) is 3.31. The summed E-state index contributed by atoms with van der Waals surface area (Å²) >= 11 is 6.91. The van der Waals surface area contributed by atoms with Gasteiger partial charge in [-0.05, 0) is 31.3 Å². The highest BCUT2D eigenvalue weighted by Crippen LogP contribution is 2.28. The molecule has 1 aromatic heterocycles. The van der Waals surface area contributed by atoms with Crippen molar-refractivity contribution in [2.75, 3.05) is 38.2 Å². The van der Waals surface area contributed by atoms with E-state index >= 15 is 0 Å². The van der Waals surface area contributed by atoms with Gasteiger partial charge < -0.3 is 9.64 Å². The number of nitrogens with zero attached hydrogens (tertiary/aromatic N) is 4. The van der Waals surface area contributed by atoms with Crippen molar-refractivity contribution in [2.24, 2.45) is 0 Å². The number of ether oxygens (including phenoxy) is 1. The molecule has 0 atom stereocenters. The molecule has 1 fully saturated rings. The molecule has 1 aliphatic heterocycles. The lowest BCUT2D eigenvalue weighted by Gasteiger charge is -2.36. The summed E-state index contributed by atoms with van der Waals surface area (Å²) < 4.78 is 8.23. The summed E-state index contributed by atoms with van der Waals surface area (Å²) in [5, 5.41) is 5.49. The van der Waals surface area contributed by atoms with Gasteiger partial charge in [0.05, 0.1) is 19.5 Å². The van der Waals surface area contributed by atoms with Crippen molar-refractivity contribution < 1.29 is 4.74 Å². The minimum Gasteiger partial charge on any atom is -0.495 e. The van der Waals surface area contributed by atoms with E-state index in [1.807, 2.05) is 23.7 Å². The van der Waals surface area contributed by atoms with Gasteiger partial charge in [0.15, 0.2) is 3.95 Å². The van der Waals surface area contributed by atoms with Crippen LogP contribution in [0.25, 0.3) is 0 Å². The number of benzene rings is 1. The van der Waals surface area contributed by atoms with E-state index in [1.165, 1.54) is 5.69 Å². The molecule has 7 heteroatoms. The zero-order valence-corrected chi connectivity index (χ0v) is 14.5. The van der Waals surface area contributed by atoms with Crippen molar-refractivity contribution in [3.63, 3.8) is 0 Å². The molecule has 2 heterocycles. The second-order valence-electron chi connectivity index (χ2n) is 5.30. The Labute approximate surface area is 139 Å². The van der Waals surface area contributed by atoms with Gasteiger partial charge in [-0.3, -0.25) is 4.90 Å². The van der Waals surface area contributed by atoms with Crippen LogP contribution in [0.3, 0.4) is 0 Å². The molecule has 0 radical (unpaired) electrons. The molecule has 5 nitrogen and oxygen atoms in total. The largest absolute Gasteiger partial charge is 0.495 e. The molecule has 3 rings (SSSR count). The second kappa shape index (κ2) is 6.76. The Morgan fingerprint density at radius 1 is 1.23 bits per heavy atom. The van der Waals surface area contributed by atoms with Crippen molar-refractivity contribution in [2.45, 2.75) is 13.6 Å². The minimum atomic E-state index is 0.781. The fourth-order valence-electron chi connectivity index (χ4n) is 2.71. The molecule has 0 saturated carbocycles. The molecule has 0 N–H and O–H groups in total. The molecule has 0 aliphatic carbocycles. The normalized spacial score (nSPS) is 16.0. The van der Waals surface area contributed by atoms with E-state index in [4.69, 9.17) is 17.0 Å². The highest BCUT2D eigenvalue weighted by atomic mass is 32.1. The first-order chi connectivity index (χ1) is 10.7. The Hall–Kier alpha value is -1.44. The van der Waals surface area contributed by atoms with Crippen LogP contribution >= 0.6 is 23.6 Å². The second-order valence-corrected chi connectivity index (χ2v) is 7.13. The standard InChI is InChI=1S/C15H20N4OS2/c1-12-16-19(15(21)22-12)11-17-7-9-18(10-8-17)13-5-3-4-6-14(13)20-2/h3-6H,7-11H2,1-2H3. The lowest BCUT2D eigenvalue weighted by atomic mass is 10.2. The van der Waals surface area contributed by atoms with E-state index in [9.17, 15) is 0 Å². The average molecular weight is 336 g/mol. The summed E-state index contributed by atoms with van der Waals surface area (Å²) in [6.07, 6.45) is 0. The first-order valence-electron chi connectivity index (χ1n) is 7.32. The van der Waals surface area contributed by atoms with Crippen molar-refractivity contribution in [3.05, 3.63) is 33.2 Å². The van der Waals surface area contributed by atoms with Crippen LogP contribution in [0, 0.1) is 10.9 Å². The van der Waals surface area contributed by atoms with Gasteiger partial charge in [-0.15, -0.1) is 0 Å². The number of para-hydroxylation sites is 2. The molecule has 0 unspecified atom stereocenters. The van der Waals surface area contributed by atoms with Crippen molar-refractivity contribution in [1.29, 1.82) is 0 Å². The number of aryl methyl sites for hydroxylation is 1. The van der Waals surface area contributed by atoms with Crippen molar-refractivity contribution >= 4 is 29.2 Å². The van der Waals surface area contributed by atoms with Crippen LogP contribution in [-0.2, 0) is 6.67 Å². The Balaban J connectivity index is 1.63. The van der Waals surface area contributed by atoms with E-state index < -0.39 is 0 Å². The summed E-state index contributed by atoms with van der Waals surface area (Å²) in [5.41, 5.74) is 1.17. The van der Waals surface area contributed by atoms with Gasteiger partial charge >= 0.3 is 0 Å². The molecule has 1 saturated heterocycles. The Kier molecular flexibility index (Phi) is 4.75. The van der Waals surface area contributed by atoms with E-state index in [-0.39, 0.29) is 0 Å². The van der Waals surface area contributed by atoms with Gasteiger partial charge in [0.25, 0.3) is 0 Å². The summed E-state index contributed by atoms with van der Waals surface area (Å²) in [5.74, 6) is 0.938. The van der Waals surface area contributed by atoms with Gasteiger partial charge in [-0.2, -0.15) is 5.10 Å². The number of methoxy groups -OCH3 is 1. The maximum Gasteiger partial charge on any atom is 0.180 e. The summed E-state index contributed by atoms with van der Waals surface area (Å²) in [6, 6.07) is 8.19. The first-order valence-corrected chi connectivity index (χ1v) is 8.55. The monoisotopic (exact) mass is 336 g/mol. The molecule has 1 aromatic carbocycles. The number of hydrogen-bond donors (Lipinski definition) is 0. The smallest absolute Gasteiger partial charge is 0.180 e. The molecule has 0 spiro atoms. The van der Waals surface area contributed by atoms with Crippen LogP contribution in [0.5, 0.6) is 5.75 Å². The Morgan fingerprint density at radius 3 is 2.59 bits per heavy atom. The third-order valence-electron chi connectivity index (χ3n) is 3.84. The van der Waals surface area contributed by atoms with Gasteiger partial charge in [0.2, 0.25) is 0 Å². The van der Waals surface area contributed by atoms with Crippen molar-refractivity contribution in [3.8, 4) is 5.75 Å². The number of piperazine rings is 1. The van der Waals surface area contributed by atoms with E-state index in [0.29, 0.717) is 0 Å². The van der Waals surface area contributed by atoms with E-state index in [0.717, 1.165) is 47.6 Å². The number of rotatable bonds is 4. The fraction of sp³-hybridized carbons (Fsp3) is 0.467. The molecular formula is C15H20N4OS2. The third-order valence-corrected chi connectivity index (χ3v) is 5.06. The van der Waals surface area contributed by atoms with Crippen molar-refractivity contribution in [1.82, 2.24) is 14.7 Å². The fourth-order valence-corrected chi connectivity index (χ4v) is 3.77. The highest BCUT2D eigenvalue weighted by Gasteiger charge is 2.20. The summed E-state index contributed by atoms with van der Waals surface area (Å²) in [6.45, 7) is 6.74. The quantitative estimate of drug-likeness (QED) is 0.802. The zero-order chi connectivity index (χ0) is 15.5. The number of aromatic nitrogens is 2. The maximum absolute atomic E-state index is 5.46. The highest BCUT2D eigenvalue weighted by molar-refractivity contribution is 7.73. The topological polar surface area (TPSA) is 33.5 Å². The predicted molar refractivity (Wildman–Crippen MR) is 92.5 cm³/mol. The minimum absolute atomic E-state index is 0.781. The van der Waals surface area contributed by atoms with Crippen LogP contribution in [-0.4, -0.2) is 48.0 Å². The van der Waals surface area contributed by atoms with Crippen LogP contribution < -0.4 is 9.64 Å². The predicted octanol–water partition coefficient (Wildman–Crippen LogP) is 2.77. The summed E-state index contributed by atoms with van der Waals surface area (Å²) in [4.78, 5) is 4.77. The molecular weight excluding hydrogens is 316 g/mol. The lowest BCUT2D eigenvalue weighted by Crippen LogP contribution is -2.47. The average Bonchev–Trinajstić information content (AvgIpc) is 2.85. The van der Waals surface area contributed by atoms with Crippen LogP contribution in [0.4, 0.5) is 5.69 Å². The zero-order valence-electron chi connectivity index (χ0n) is 12.9. The maximum atomic E-state index is 5.46. The van der Waals surface area contributed by atoms with Gasteiger partial charge in [0.1, 0.15) is 10.8 Å². The number of hydrogen-bond acceptors (Lipinski definition) is 6. The Morgan fingerprint density at radius 2 is 1.95 bits per heavy atom. The van der Waals surface area contributed by atoms with Gasteiger partial charge in [0, 0.05) is 26.2 Å². The van der Waals surface area contributed by atoms with Gasteiger partial charge in [-0.25, -0.2) is 4.68 Å². The number of anilines is 1. The van der Waals surface area contributed by atoms with E-state index in [1.54, 1.807) is 18.4 Å². The van der Waals surface area contributed by atoms with E-state index in [2.05, 4.69) is 27.0 Å². The van der Waals surface area contributed by atoms with Crippen LogP contribution in [0.15, 0.2) is 24.3 Å².